The van der Waals surface area contributed by atoms with Gasteiger partial charge >= 0.3 is 5.82 Å². The first-order valence-corrected chi connectivity index (χ1v) is 8.53. The van der Waals surface area contributed by atoms with Gasteiger partial charge in [-0.1, -0.05) is 35.3 Å². The summed E-state index contributed by atoms with van der Waals surface area (Å²) in [5.41, 5.74) is 2.06. The van der Waals surface area contributed by atoms with Gasteiger partial charge in [0.25, 0.3) is 0 Å². The summed E-state index contributed by atoms with van der Waals surface area (Å²) in [5, 5.41) is 1.53. The maximum absolute atomic E-state index is 6.79. The third kappa shape index (κ3) is 2.61. The van der Waals surface area contributed by atoms with Crippen LogP contribution in [0, 0.1) is 0 Å². The number of rotatable bonds is 2. The van der Waals surface area contributed by atoms with Gasteiger partial charge in [-0.2, -0.15) is 4.68 Å². The molecule has 0 saturated carbocycles. The van der Waals surface area contributed by atoms with E-state index < -0.39 is 0 Å². The SMILES string of the molecule is CC1CCCCN1c1c(Cl)c(-c2cccc(Cl)c2)n(C)[n+]1C. The van der Waals surface area contributed by atoms with Gasteiger partial charge < -0.3 is 0 Å². The van der Waals surface area contributed by atoms with Crippen LogP contribution in [-0.2, 0) is 14.1 Å². The van der Waals surface area contributed by atoms with Crippen molar-refractivity contribution in [2.75, 3.05) is 11.4 Å². The highest BCUT2D eigenvalue weighted by molar-refractivity contribution is 6.35. The predicted molar refractivity (Wildman–Crippen MR) is 92.7 cm³/mol. The van der Waals surface area contributed by atoms with Crippen LogP contribution >= 0.6 is 23.2 Å². The lowest BCUT2D eigenvalue weighted by atomic mass is 10.0. The highest BCUT2D eigenvalue weighted by Crippen LogP contribution is 2.37. The molecule has 0 spiro atoms. The van der Waals surface area contributed by atoms with E-state index in [0.717, 1.165) is 33.7 Å². The lowest BCUT2D eigenvalue weighted by Crippen LogP contribution is -2.48. The molecule has 1 aromatic heterocycles. The third-order valence-corrected chi connectivity index (χ3v) is 5.24. The van der Waals surface area contributed by atoms with Gasteiger partial charge in [0.1, 0.15) is 12.7 Å². The molecule has 1 aliphatic heterocycles. The molecule has 0 radical (unpaired) electrons. The Labute approximate surface area is 142 Å². The van der Waals surface area contributed by atoms with E-state index >= 15 is 0 Å². The van der Waals surface area contributed by atoms with E-state index in [1.54, 1.807) is 0 Å². The van der Waals surface area contributed by atoms with Crippen LogP contribution in [0.4, 0.5) is 5.82 Å². The maximum atomic E-state index is 6.79. The number of anilines is 1. The van der Waals surface area contributed by atoms with Gasteiger partial charge in [-0.3, -0.25) is 4.90 Å². The number of piperidine rings is 1. The molecule has 0 N–H and O–H groups in total. The molecule has 2 aromatic rings. The Kier molecular flexibility index (Phi) is 4.37. The molecule has 5 heteroatoms. The number of aromatic nitrogens is 2. The van der Waals surface area contributed by atoms with Crippen molar-refractivity contribution in [2.24, 2.45) is 14.1 Å². The third-order valence-electron chi connectivity index (χ3n) is 4.66. The molecule has 3 nitrogen and oxygen atoms in total. The van der Waals surface area contributed by atoms with Crippen LogP contribution in [0.5, 0.6) is 0 Å². The zero-order valence-corrected chi connectivity index (χ0v) is 14.8. The Morgan fingerprint density at radius 3 is 2.68 bits per heavy atom. The van der Waals surface area contributed by atoms with E-state index in [-0.39, 0.29) is 0 Å². The van der Waals surface area contributed by atoms with E-state index in [2.05, 4.69) is 34.3 Å². The van der Waals surface area contributed by atoms with Crippen molar-refractivity contribution in [3.63, 3.8) is 0 Å². The van der Waals surface area contributed by atoms with Crippen molar-refractivity contribution >= 4 is 29.0 Å². The Hall–Kier alpha value is -1.19. The molecule has 1 saturated heterocycles. The number of benzene rings is 1. The summed E-state index contributed by atoms with van der Waals surface area (Å²) in [6.07, 6.45) is 3.74. The van der Waals surface area contributed by atoms with E-state index in [4.69, 9.17) is 23.2 Å². The molecule has 1 aromatic carbocycles. The highest BCUT2D eigenvalue weighted by Gasteiger charge is 2.34. The first-order valence-electron chi connectivity index (χ1n) is 7.77. The normalized spacial score (nSPS) is 18.8. The van der Waals surface area contributed by atoms with Crippen molar-refractivity contribution < 1.29 is 4.68 Å². The fraction of sp³-hybridized carbons (Fsp3) is 0.471. The molecular weight excluding hydrogens is 317 g/mol. The molecule has 3 rings (SSSR count). The molecule has 1 atom stereocenters. The zero-order chi connectivity index (χ0) is 15.9. The lowest BCUT2D eigenvalue weighted by Gasteiger charge is -2.28. The minimum atomic E-state index is 0.520. The monoisotopic (exact) mass is 338 g/mol. The van der Waals surface area contributed by atoms with Crippen molar-refractivity contribution in [3.05, 3.63) is 34.3 Å². The summed E-state index contributed by atoms with van der Waals surface area (Å²) in [6.45, 7) is 3.34. The van der Waals surface area contributed by atoms with E-state index in [1.165, 1.54) is 19.3 Å². The summed E-state index contributed by atoms with van der Waals surface area (Å²) in [6, 6.07) is 8.38. The predicted octanol–water partition coefficient (Wildman–Crippen LogP) is 4.20. The first kappa shape index (κ1) is 15.7. The second-order valence-corrected chi connectivity index (χ2v) is 6.90. The van der Waals surface area contributed by atoms with Gasteiger partial charge in [-0.15, -0.1) is 0 Å². The Morgan fingerprint density at radius 1 is 1.23 bits per heavy atom. The average molecular weight is 339 g/mol. The minimum absolute atomic E-state index is 0.520. The number of halogens is 2. The van der Waals surface area contributed by atoms with Crippen LogP contribution in [0.3, 0.4) is 0 Å². The lowest BCUT2D eigenvalue weighted by molar-refractivity contribution is -0.739. The summed E-state index contributed by atoms with van der Waals surface area (Å²) in [5.74, 6) is 1.10. The van der Waals surface area contributed by atoms with Crippen LogP contribution in [0.2, 0.25) is 10.0 Å². The van der Waals surface area contributed by atoms with Crippen LogP contribution in [-0.4, -0.2) is 17.3 Å². The van der Waals surface area contributed by atoms with Gasteiger partial charge in [0, 0.05) is 17.6 Å². The highest BCUT2D eigenvalue weighted by atomic mass is 35.5. The Balaban J connectivity index is 2.12. The largest absolute Gasteiger partial charge is 0.316 e. The first-order chi connectivity index (χ1) is 10.5. The van der Waals surface area contributed by atoms with Gasteiger partial charge in [0.15, 0.2) is 5.02 Å². The fourth-order valence-electron chi connectivity index (χ4n) is 3.36. The maximum Gasteiger partial charge on any atom is 0.316 e. The van der Waals surface area contributed by atoms with E-state index in [1.807, 2.05) is 25.2 Å². The van der Waals surface area contributed by atoms with Crippen LogP contribution < -0.4 is 9.58 Å². The Morgan fingerprint density at radius 2 is 2.00 bits per heavy atom. The minimum Gasteiger partial charge on any atom is -0.256 e. The van der Waals surface area contributed by atoms with Crippen molar-refractivity contribution in [1.29, 1.82) is 0 Å². The van der Waals surface area contributed by atoms with Gasteiger partial charge in [0.2, 0.25) is 0 Å². The van der Waals surface area contributed by atoms with Gasteiger partial charge in [0.05, 0.1) is 12.6 Å². The molecule has 0 aliphatic carbocycles. The molecule has 118 valence electrons. The van der Waals surface area contributed by atoms with Crippen LogP contribution in [0.1, 0.15) is 26.2 Å². The smallest absolute Gasteiger partial charge is 0.256 e. The molecule has 1 fully saturated rings. The van der Waals surface area contributed by atoms with E-state index in [9.17, 15) is 0 Å². The second-order valence-electron chi connectivity index (χ2n) is 6.08. The molecule has 0 amide bonds. The van der Waals surface area contributed by atoms with Crippen molar-refractivity contribution in [3.8, 4) is 11.3 Å². The molecule has 22 heavy (non-hydrogen) atoms. The standard InChI is InChI=1S/C17H22Cl2N3/c1-12-7-4-5-10-22(12)17-15(19)16(20(2)21(17)3)13-8-6-9-14(18)11-13/h6,8-9,11-12H,4-5,7,10H2,1-3H3/q+1. The summed E-state index contributed by atoms with van der Waals surface area (Å²) >= 11 is 12.9. The number of hydrogen-bond donors (Lipinski definition) is 0. The molecule has 1 aliphatic rings. The second kappa shape index (κ2) is 6.13. The summed E-state index contributed by atoms with van der Waals surface area (Å²) < 4.78 is 4.24. The molecule has 1 unspecified atom stereocenters. The topological polar surface area (TPSA) is 12.1 Å². The van der Waals surface area contributed by atoms with E-state index in [0.29, 0.717) is 6.04 Å². The zero-order valence-electron chi connectivity index (χ0n) is 13.3. The molecular formula is C17H22Cl2N3+. The van der Waals surface area contributed by atoms with Gasteiger partial charge in [-0.05, 0) is 38.3 Å². The van der Waals surface area contributed by atoms with Gasteiger partial charge in [-0.25, -0.2) is 4.68 Å². The fourth-order valence-corrected chi connectivity index (χ4v) is 4.01. The van der Waals surface area contributed by atoms with Crippen molar-refractivity contribution in [1.82, 2.24) is 4.68 Å². The summed E-state index contributed by atoms with van der Waals surface area (Å²) in [7, 11) is 4.11. The molecule has 0 bridgehead atoms. The van der Waals surface area contributed by atoms with Crippen LogP contribution in [0.25, 0.3) is 11.3 Å². The number of nitrogens with zero attached hydrogens (tertiary/aromatic N) is 3. The van der Waals surface area contributed by atoms with Crippen LogP contribution in [0.15, 0.2) is 24.3 Å². The average Bonchev–Trinajstić information content (AvgIpc) is 2.70. The quantitative estimate of drug-likeness (QED) is 0.747. The number of hydrogen-bond acceptors (Lipinski definition) is 1. The van der Waals surface area contributed by atoms with Crippen molar-refractivity contribution in [2.45, 2.75) is 32.2 Å². The summed E-state index contributed by atoms with van der Waals surface area (Å²) in [4.78, 5) is 2.43. The Bertz CT molecular complexity index is 693. The molecule has 2 heterocycles.